The number of hydrogen-bond donors (Lipinski definition) is 0. The second kappa shape index (κ2) is 9.21. The second-order valence-electron chi connectivity index (χ2n) is 6.12. The number of allylic oxidation sites excluding steroid dienone is 1. The molecule has 0 spiro atoms. The topological polar surface area (TPSA) is 70.4 Å². The number of rotatable bonds is 7. The van der Waals surface area contributed by atoms with Gasteiger partial charge in [-0.05, 0) is 55.5 Å². The fourth-order valence-corrected chi connectivity index (χ4v) is 2.95. The normalized spacial score (nSPS) is 10.9. The summed E-state index contributed by atoms with van der Waals surface area (Å²) in [6, 6.07) is 16.0. The van der Waals surface area contributed by atoms with Crippen molar-refractivity contribution in [2.24, 2.45) is 0 Å². The molecule has 0 radical (unpaired) electrons. The van der Waals surface area contributed by atoms with Gasteiger partial charge in [0.1, 0.15) is 10.9 Å². The highest BCUT2D eigenvalue weighted by atomic mass is 35.5. The molecule has 0 atom stereocenters. The van der Waals surface area contributed by atoms with Gasteiger partial charge in [-0.25, -0.2) is 9.48 Å². The van der Waals surface area contributed by atoms with Crippen LogP contribution < -0.4 is 4.74 Å². The maximum Gasteiger partial charge on any atom is 0.343 e. The number of esters is 1. The molecule has 0 unspecified atom stereocenters. The molecule has 1 heterocycles. The van der Waals surface area contributed by atoms with Gasteiger partial charge in [0.2, 0.25) is 0 Å². The van der Waals surface area contributed by atoms with E-state index in [4.69, 9.17) is 16.3 Å². The highest BCUT2D eigenvalue weighted by molar-refractivity contribution is 6.31. The Morgan fingerprint density at radius 2 is 1.79 bits per heavy atom. The van der Waals surface area contributed by atoms with E-state index < -0.39 is 5.97 Å². The van der Waals surface area contributed by atoms with Gasteiger partial charge in [0.25, 0.3) is 0 Å². The Morgan fingerprint density at radius 3 is 2.45 bits per heavy atom. The largest absolute Gasteiger partial charge is 0.482 e. The number of ether oxygens (including phenoxy) is 2. The lowest BCUT2D eigenvalue weighted by molar-refractivity contribution is -0.142. The SMILES string of the molecule is COC(=O)COc1ccc(C(=O)C=Cc2c(C)nn(-c3ccccc3)c2Cl)cc1. The first-order chi connectivity index (χ1) is 14.0. The van der Waals surface area contributed by atoms with Gasteiger partial charge in [0, 0.05) is 11.1 Å². The highest BCUT2D eigenvalue weighted by Gasteiger charge is 2.13. The number of benzene rings is 2. The number of aromatic nitrogens is 2. The van der Waals surface area contributed by atoms with Crippen molar-refractivity contribution in [1.29, 1.82) is 0 Å². The Kier molecular flexibility index (Phi) is 6.46. The van der Waals surface area contributed by atoms with Crippen LogP contribution in [0.3, 0.4) is 0 Å². The maximum atomic E-state index is 12.5. The summed E-state index contributed by atoms with van der Waals surface area (Å²) >= 11 is 6.47. The van der Waals surface area contributed by atoms with Gasteiger partial charge in [-0.15, -0.1) is 0 Å². The van der Waals surface area contributed by atoms with Crippen LogP contribution in [-0.4, -0.2) is 35.2 Å². The minimum atomic E-state index is -0.476. The Labute approximate surface area is 173 Å². The monoisotopic (exact) mass is 410 g/mol. The molecule has 29 heavy (non-hydrogen) atoms. The van der Waals surface area contributed by atoms with Gasteiger partial charge in [0.05, 0.1) is 18.5 Å². The molecule has 0 saturated carbocycles. The van der Waals surface area contributed by atoms with Gasteiger partial charge in [-0.2, -0.15) is 5.10 Å². The fraction of sp³-hybridized carbons (Fsp3) is 0.136. The quantitative estimate of drug-likeness (QED) is 0.330. The summed E-state index contributed by atoms with van der Waals surface area (Å²) in [6.07, 6.45) is 3.11. The minimum Gasteiger partial charge on any atom is -0.482 e. The second-order valence-corrected chi connectivity index (χ2v) is 6.48. The molecule has 2 aromatic carbocycles. The molecular weight excluding hydrogens is 392 g/mol. The Hall–Kier alpha value is -3.38. The van der Waals surface area contributed by atoms with E-state index in [9.17, 15) is 9.59 Å². The van der Waals surface area contributed by atoms with Crippen molar-refractivity contribution in [1.82, 2.24) is 9.78 Å². The van der Waals surface area contributed by atoms with Crippen LogP contribution in [0.4, 0.5) is 0 Å². The van der Waals surface area contributed by atoms with Crippen LogP contribution in [0, 0.1) is 6.92 Å². The van der Waals surface area contributed by atoms with E-state index >= 15 is 0 Å². The van der Waals surface area contributed by atoms with Crippen molar-refractivity contribution in [3.63, 3.8) is 0 Å². The number of nitrogens with zero attached hydrogens (tertiary/aromatic N) is 2. The van der Waals surface area contributed by atoms with Gasteiger partial charge in [0.15, 0.2) is 12.4 Å². The van der Waals surface area contributed by atoms with Crippen molar-refractivity contribution in [3.8, 4) is 11.4 Å². The molecule has 0 aliphatic heterocycles. The lowest BCUT2D eigenvalue weighted by Crippen LogP contribution is -2.12. The van der Waals surface area contributed by atoms with Gasteiger partial charge in [-0.3, -0.25) is 4.79 Å². The summed E-state index contributed by atoms with van der Waals surface area (Å²) in [5.41, 5.74) is 2.72. The standard InChI is InChI=1S/C22H19ClN2O4/c1-15-19(22(23)25(24-15)17-6-4-3-5-7-17)12-13-20(26)16-8-10-18(11-9-16)29-14-21(27)28-2/h3-13H,14H2,1-2H3. The van der Waals surface area contributed by atoms with Crippen molar-refractivity contribution in [3.05, 3.63) is 82.6 Å². The zero-order valence-electron chi connectivity index (χ0n) is 16.0. The summed E-state index contributed by atoms with van der Waals surface area (Å²) in [6.45, 7) is 1.65. The van der Waals surface area contributed by atoms with Crippen molar-refractivity contribution >= 4 is 29.4 Å². The molecule has 1 aromatic heterocycles. The maximum absolute atomic E-state index is 12.5. The van der Waals surface area contributed by atoms with E-state index in [1.807, 2.05) is 37.3 Å². The molecular formula is C22H19ClN2O4. The average molecular weight is 411 g/mol. The minimum absolute atomic E-state index is 0.188. The van der Waals surface area contributed by atoms with Crippen molar-refractivity contribution in [2.75, 3.05) is 13.7 Å². The Bertz CT molecular complexity index is 1040. The summed E-state index contributed by atoms with van der Waals surface area (Å²) in [5.74, 6) is -0.192. The number of aryl methyl sites for hydroxylation is 1. The Morgan fingerprint density at radius 1 is 1.10 bits per heavy atom. The van der Waals surface area contributed by atoms with E-state index in [1.165, 1.54) is 13.2 Å². The lowest BCUT2D eigenvalue weighted by Gasteiger charge is -2.05. The molecule has 0 bridgehead atoms. The smallest absolute Gasteiger partial charge is 0.343 e. The first-order valence-corrected chi connectivity index (χ1v) is 9.20. The highest BCUT2D eigenvalue weighted by Crippen LogP contribution is 2.25. The molecule has 3 rings (SSSR count). The van der Waals surface area contributed by atoms with E-state index in [2.05, 4.69) is 9.84 Å². The van der Waals surface area contributed by atoms with Crippen LogP contribution in [0.25, 0.3) is 11.8 Å². The Balaban J connectivity index is 1.72. The number of carbonyl (C=O) groups is 2. The number of carbonyl (C=O) groups excluding carboxylic acids is 2. The molecule has 0 fully saturated rings. The van der Waals surface area contributed by atoms with Crippen molar-refractivity contribution < 1.29 is 19.1 Å². The molecule has 3 aromatic rings. The van der Waals surface area contributed by atoms with Crippen LogP contribution in [-0.2, 0) is 9.53 Å². The summed E-state index contributed by atoms with van der Waals surface area (Å²) < 4.78 is 11.4. The summed E-state index contributed by atoms with van der Waals surface area (Å²) in [7, 11) is 1.29. The predicted octanol–water partition coefficient (Wildman–Crippen LogP) is 4.28. The van der Waals surface area contributed by atoms with Crippen LogP contribution >= 0.6 is 11.6 Å². The number of halogens is 1. The molecule has 148 valence electrons. The zero-order valence-corrected chi connectivity index (χ0v) is 16.7. The summed E-state index contributed by atoms with van der Waals surface area (Å²) in [4.78, 5) is 23.6. The molecule has 0 aliphatic rings. The van der Waals surface area contributed by atoms with Crippen LogP contribution in [0.5, 0.6) is 5.75 Å². The fourth-order valence-electron chi connectivity index (χ4n) is 2.61. The first-order valence-electron chi connectivity index (χ1n) is 8.82. The molecule has 0 amide bonds. The number of ketones is 1. The molecule has 0 aliphatic carbocycles. The van der Waals surface area contributed by atoms with Gasteiger partial charge >= 0.3 is 5.97 Å². The van der Waals surface area contributed by atoms with E-state index in [-0.39, 0.29) is 12.4 Å². The number of hydrogen-bond acceptors (Lipinski definition) is 5. The lowest BCUT2D eigenvalue weighted by atomic mass is 10.1. The third kappa shape index (κ3) is 4.92. The van der Waals surface area contributed by atoms with Gasteiger partial charge in [-0.1, -0.05) is 29.8 Å². The molecule has 7 heteroatoms. The predicted molar refractivity (Wildman–Crippen MR) is 111 cm³/mol. The van der Waals surface area contributed by atoms with E-state index in [1.54, 1.807) is 35.0 Å². The molecule has 6 nitrogen and oxygen atoms in total. The summed E-state index contributed by atoms with van der Waals surface area (Å²) in [5, 5.41) is 4.89. The van der Waals surface area contributed by atoms with Crippen LogP contribution in [0.2, 0.25) is 5.15 Å². The van der Waals surface area contributed by atoms with E-state index in [0.29, 0.717) is 22.0 Å². The van der Waals surface area contributed by atoms with Gasteiger partial charge < -0.3 is 9.47 Å². The number of methoxy groups -OCH3 is 1. The van der Waals surface area contributed by atoms with Crippen LogP contribution in [0.15, 0.2) is 60.7 Å². The average Bonchev–Trinajstić information content (AvgIpc) is 3.04. The zero-order chi connectivity index (χ0) is 20.8. The molecule has 0 saturated heterocycles. The van der Waals surface area contributed by atoms with Crippen LogP contribution in [0.1, 0.15) is 21.6 Å². The first kappa shape index (κ1) is 20.4. The van der Waals surface area contributed by atoms with Crippen molar-refractivity contribution in [2.45, 2.75) is 6.92 Å². The third-order valence-corrected chi connectivity index (χ3v) is 4.54. The molecule has 0 N–H and O–H groups in total. The third-order valence-electron chi connectivity index (χ3n) is 4.17. The van der Waals surface area contributed by atoms with E-state index in [0.717, 1.165) is 11.4 Å². The number of para-hydroxylation sites is 1.